The summed E-state index contributed by atoms with van der Waals surface area (Å²) < 4.78 is 10.6. The molecule has 18 heavy (non-hydrogen) atoms. The fourth-order valence-electron chi connectivity index (χ4n) is 2.14. The minimum Gasteiger partial charge on any atom is -0.496 e. The number of hydrogen-bond donors (Lipinski definition) is 1. The Balaban J connectivity index is 1.98. The van der Waals surface area contributed by atoms with Crippen LogP contribution in [0.1, 0.15) is 25.1 Å². The highest BCUT2D eigenvalue weighted by Gasteiger charge is 2.39. The van der Waals surface area contributed by atoms with Gasteiger partial charge in [0.05, 0.1) is 18.2 Å². The molecule has 0 unspecified atom stereocenters. The van der Waals surface area contributed by atoms with E-state index in [1.165, 1.54) is 0 Å². The van der Waals surface area contributed by atoms with E-state index in [1.807, 2.05) is 24.3 Å². The van der Waals surface area contributed by atoms with Crippen LogP contribution >= 0.6 is 0 Å². The Morgan fingerprint density at radius 2 is 2.11 bits per heavy atom. The molecule has 1 aliphatic rings. The van der Waals surface area contributed by atoms with E-state index in [1.54, 1.807) is 7.11 Å². The predicted molar refractivity (Wildman–Crippen MR) is 66.0 cm³/mol. The van der Waals surface area contributed by atoms with Gasteiger partial charge in [0.1, 0.15) is 5.75 Å². The SMILES string of the molecule is COc1ccccc1-c1nc(C2(N)CCC2)no1. The second kappa shape index (κ2) is 4.10. The van der Waals surface area contributed by atoms with Gasteiger partial charge in [0.2, 0.25) is 0 Å². The average Bonchev–Trinajstić information content (AvgIpc) is 2.85. The normalized spacial score (nSPS) is 17.2. The van der Waals surface area contributed by atoms with Crippen LogP contribution in [0.5, 0.6) is 5.75 Å². The first-order valence-electron chi connectivity index (χ1n) is 5.99. The van der Waals surface area contributed by atoms with Gasteiger partial charge in [-0.3, -0.25) is 0 Å². The smallest absolute Gasteiger partial charge is 0.261 e. The molecule has 0 amide bonds. The van der Waals surface area contributed by atoms with Crippen LogP contribution in [0, 0.1) is 0 Å². The molecule has 1 aromatic heterocycles. The highest BCUT2D eigenvalue weighted by atomic mass is 16.5. The van der Waals surface area contributed by atoms with Crippen LogP contribution in [0.15, 0.2) is 28.8 Å². The van der Waals surface area contributed by atoms with E-state index in [2.05, 4.69) is 10.1 Å². The molecule has 1 aliphatic carbocycles. The maximum Gasteiger partial charge on any atom is 0.261 e. The first kappa shape index (κ1) is 11.2. The van der Waals surface area contributed by atoms with Crippen LogP contribution < -0.4 is 10.5 Å². The molecule has 1 fully saturated rings. The maximum atomic E-state index is 6.17. The van der Waals surface area contributed by atoms with Crippen LogP contribution in [-0.4, -0.2) is 17.3 Å². The Morgan fingerprint density at radius 1 is 1.33 bits per heavy atom. The number of ether oxygens (including phenoxy) is 1. The quantitative estimate of drug-likeness (QED) is 0.896. The van der Waals surface area contributed by atoms with E-state index in [0.29, 0.717) is 17.5 Å². The van der Waals surface area contributed by atoms with E-state index >= 15 is 0 Å². The van der Waals surface area contributed by atoms with Crippen molar-refractivity contribution >= 4 is 0 Å². The van der Waals surface area contributed by atoms with E-state index < -0.39 is 5.54 Å². The molecule has 0 aliphatic heterocycles. The topological polar surface area (TPSA) is 74.2 Å². The van der Waals surface area contributed by atoms with Crippen LogP contribution in [0.3, 0.4) is 0 Å². The van der Waals surface area contributed by atoms with Gasteiger partial charge in [0.15, 0.2) is 5.82 Å². The molecule has 0 spiro atoms. The third-order valence-electron chi connectivity index (χ3n) is 3.45. The summed E-state index contributed by atoms with van der Waals surface area (Å²) in [5.74, 6) is 1.77. The summed E-state index contributed by atoms with van der Waals surface area (Å²) in [6, 6.07) is 7.56. The number of para-hydroxylation sites is 1. The molecule has 94 valence electrons. The van der Waals surface area contributed by atoms with Crippen LogP contribution in [0.25, 0.3) is 11.5 Å². The lowest BCUT2D eigenvalue weighted by atomic mass is 9.77. The highest BCUT2D eigenvalue weighted by molar-refractivity contribution is 5.62. The lowest BCUT2D eigenvalue weighted by molar-refractivity contribution is 0.229. The van der Waals surface area contributed by atoms with Gasteiger partial charge in [0, 0.05) is 0 Å². The molecule has 5 heteroatoms. The van der Waals surface area contributed by atoms with Crippen molar-refractivity contribution in [1.82, 2.24) is 10.1 Å². The van der Waals surface area contributed by atoms with Gasteiger partial charge in [0.25, 0.3) is 5.89 Å². The van der Waals surface area contributed by atoms with Gasteiger partial charge in [-0.25, -0.2) is 0 Å². The molecule has 5 nitrogen and oxygen atoms in total. The zero-order valence-corrected chi connectivity index (χ0v) is 10.2. The van der Waals surface area contributed by atoms with Crippen LogP contribution in [-0.2, 0) is 5.54 Å². The summed E-state index contributed by atoms with van der Waals surface area (Å²) >= 11 is 0. The number of benzene rings is 1. The zero-order valence-electron chi connectivity index (χ0n) is 10.2. The summed E-state index contributed by atoms with van der Waals surface area (Å²) in [7, 11) is 1.62. The molecule has 1 heterocycles. The van der Waals surface area contributed by atoms with Crippen molar-refractivity contribution in [2.45, 2.75) is 24.8 Å². The van der Waals surface area contributed by atoms with Crippen molar-refractivity contribution in [1.29, 1.82) is 0 Å². The van der Waals surface area contributed by atoms with Gasteiger partial charge in [-0.15, -0.1) is 0 Å². The molecule has 2 N–H and O–H groups in total. The summed E-state index contributed by atoms with van der Waals surface area (Å²) in [5, 5.41) is 4.00. The summed E-state index contributed by atoms with van der Waals surface area (Å²) in [6.45, 7) is 0. The molecular formula is C13H15N3O2. The Kier molecular flexibility index (Phi) is 2.56. The summed E-state index contributed by atoms with van der Waals surface area (Å²) in [5.41, 5.74) is 6.56. The Bertz CT molecular complexity index is 561. The third kappa shape index (κ3) is 1.67. The highest BCUT2D eigenvalue weighted by Crippen LogP contribution is 2.38. The number of rotatable bonds is 3. The Labute approximate surface area is 105 Å². The number of methoxy groups -OCH3 is 1. The number of aromatic nitrogens is 2. The molecule has 1 saturated carbocycles. The van der Waals surface area contributed by atoms with Crippen LogP contribution in [0.2, 0.25) is 0 Å². The standard InChI is InChI=1S/C13H15N3O2/c1-17-10-6-3-2-5-9(10)11-15-12(16-18-11)13(14)7-4-8-13/h2-3,5-6H,4,7-8,14H2,1H3. The van der Waals surface area contributed by atoms with Gasteiger partial charge < -0.3 is 15.0 Å². The Morgan fingerprint density at radius 3 is 2.78 bits per heavy atom. The molecule has 3 rings (SSSR count). The molecule has 0 radical (unpaired) electrons. The van der Waals surface area contributed by atoms with Crippen molar-refractivity contribution in [2.24, 2.45) is 5.73 Å². The third-order valence-corrected chi connectivity index (χ3v) is 3.45. The van der Waals surface area contributed by atoms with Gasteiger partial charge in [-0.2, -0.15) is 4.98 Å². The lowest BCUT2D eigenvalue weighted by Gasteiger charge is -2.34. The van der Waals surface area contributed by atoms with Crippen LogP contribution in [0.4, 0.5) is 0 Å². The molecule has 1 aromatic carbocycles. The van der Waals surface area contributed by atoms with Gasteiger partial charge >= 0.3 is 0 Å². The van der Waals surface area contributed by atoms with Crippen molar-refractivity contribution in [3.8, 4) is 17.2 Å². The lowest BCUT2D eigenvalue weighted by Crippen LogP contribution is -2.44. The van der Waals surface area contributed by atoms with E-state index in [0.717, 1.165) is 24.8 Å². The summed E-state index contributed by atoms with van der Waals surface area (Å²) in [6.07, 6.45) is 2.95. The number of nitrogens with zero attached hydrogens (tertiary/aromatic N) is 2. The van der Waals surface area contributed by atoms with Crippen molar-refractivity contribution in [3.63, 3.8) is 0 Å². The van der Waals surface area contributed by atoms with Gasteiger partial charge in [-0.05, 0) is 31.4 Å². The van der Waals surface area contributed by atoms with Crippen molar-refractivity contribution in [3.05, 3.63) is 30.1 Å². The van der Waals surface area contributed by atoms with Crippen molar-refractivity contribution in [2.75, 3.05) is 7.11 Å². The predicted octanol–water partition coefficient (Wildman–Crippen LogP) is 2.08. The minimum absolute atomic E-state index is 0.399. The zero-order chi connectivity index (χ0) is 12.6. The monoisotopic (exact) mass is 245 g/mol. The molecule has 0 atom stereocenters. The second-order valence-corrected chi connectivity index (χ2v) is 4.63. The molecular weight excluding hydrogens is 230 g/mol. The summed E-state index contributed by atoms with van der Waals surface area (Å²) in [4.78, 5) is 4.40. The minimum atomic E-state index is -0.399. The van der Waals surface area contributed by atoms with E-state index in [4.69, 9.17) is 15.0 Å². The first-order valence-corrected chi connectivity index (χ1v) is 5.99. The average molecular weight is 245 g/mol. The second-order valence-electron chi connectivity index (χ2n) is 4.63. The first-order chi connectivity index (χ1) is 8.73. The molecule has 0 bridgehead atoms. The van der Waals surface area contributed by atoms with Gasteiger partial charge in [-0.1, -0.05) is 17.3 Å². The molecule has 2 aromatic rings. The van der Waals surface area contributed by atoms with E-state index in [9.17, 15) is 0 Å². The fourth-order valence-corrected chi connectivity index (χ4v) is 2.14. The Hall–Kier alpha value is -1.88. The molecule has 0 saturated heterocycles. The fraction of sp³-hybridized carbons (Fsp3) is 0.385. The largest absolute Gasteiger partial charge is 0.496 e. The number of nitrogens with two attached hydrogens (primary N) is 1. The van der Waals surface area contributed by atoms with E-state index in [-0.39, 0.29) is 0 Å². The van der Waals surface area contributed by atoms with Crippen molar-refractivity contribution < 1.29 is 9.26 Å². The number of hydrogen-bond acceptors (Lipinski definition) is 5. The maximum absolute atomic E-state index is 6.17.